The summed E-state index contributed by atoms with van der Waals surface area (Å²) in [6.07, 6.45) is -0.184. The molecule has 1 aromatic heterocycles. The fourth-order valence-corrected chi connectivity index (χ4v) is 7.36. The summed E-state index contributed by atoms with van der Waals surface area (Å²) in [6, 6.07) is 16.9. The van der Waals surface area contributed by atoms with Crippen molar-refractivity contribution in [1.29, 1.82) is 0 Å². The summed E-state index contributed by atoms with van der Waals surface area (Å²) < 4.78 is 146. The molecule has 27 nitrogen and oxygen atoms in total. The van der Waals surface area contributed by atoms with Gasteiger partial charge in [-0.1, -0.05) is 11.1 Å². The van der Waals surface area contributed by atoms with Crippen molar-refractivity contribution in [2.24, 2.45) is 20.5 Å². The number of anilines is 5. The minimum Gasteiger partial charge on any atom is -0.494 e. The van der Waals surface area contributed by atoms with Crippen molar-refractivity contribution in [2.45, 2.75) is 21.1 Å². The molecule has 0 saturated heterocycles. The first-order valence-electron chi connectivity index (χ1n) is 17.6. The first-order valence-corrected chi connectivity index (χ1v) is 24.5. The van der Waals surface area contributed by atoms with Crippen molar-refractivity contribution in [3.8, 4) is 11.5 Å². The van der Waals surface area contributed by atoms with Crippen molar-refractivity contribution in [1.82, 2.24) is 15.0 Å². The summed E-state index contributed by atoms with van der Waals surface area (Å²) in [5.41, 5.74) is 0.371. The highest BCUT2D eigenvalue weighted by Crippen LogP contribution is 2.36. The van der Waals surface area contributed by atoms with Crippen LogP contribution < -0.4 is 25.4 Å². The number of rotatable bonds is 23. The minimum atomic E-state index is -4.81. The Morgan fingerprint density at radius 3 is 1.82 bits per heavy atom. The maximum atomic E-state index is 12.0. The van der Waals surface area contributed by atoms with Crippen LogP contribution in [0.15, 0.2) is 114 Å². The molecule has 4 aromatic carbocycles. The quantitative estimate of drug-likeness (QED) is 0.00918. The van der Waals surface area contributed by atoms with Crippen LogP contribution in [0.25, 0.3) is 0 Å². The van der Waals surface area contributed by atoms with E-state index < -0.39 is 56.9 Å². The fourth-order valence-electron chi connectivity index (χ4n) is 5.00. The summed E-state index contributed by atoms with van der Waals surface area (Å²) in [6.45, 7) is -0.643. The van der Waals surface area contributed by atoms with Gasteiger partial charge >= 0.3 is 0 Å². The highest BCUT2D eigenvalue weighted by atomic mass is 32.2. The summed E-state index contributed by atoms with van der Waals surface area (Å²) in [5, 5.41) is 36.5. The van der Waals surface area contributed by atoms with Crippen LogP contribution in [0.5, 0.6) is 11.5 Å². The molecule has 0 atom stereocenters. The molecule has 5 aromatic rings. The van der Waals surface area contributed by atoms with E-state index in [0.717, 1.165) is 18.2 Å². The van der Waals surface area contributed by atoms with E-state index in [1.165, 1.54) is 67.8 Å². The number of aromatic nitrogens is 3. The third kappa shape index (κ3) is 16.2. The lowest BCUT2D eigenvalue weighted by atomic mass is 10.2. The Morgan fingerprint density at radius 1 is 0.646 bits per heavy atom. The van der Waals surface area contributed by atoms with Crippen LogP contribution in [-0.2, 0) is 49.8 Å². The maximum absolute atomic E-state index is 12.0. The van der Waals surface area contributed by atoms with E-state index in [-0.39, 0.29) is 92.8 Å². The van der Waals surface area contributed by atoms with Crippen molar-refractivity contribution >= 4 is 104 Å². The zero-order valence-electron chi connectivity index (χ0n) is 32.8. The zero-order valence-corrected chi connectivity index (χ0v) is 36.9. The zero-order chi connectivity index (χ0) is 47.4. The molecular weight excluding hydrogens is 969 g/mol. The number of methoxy groups -OCH3 is 1. The number of nitrogens with zero attached hydrogens (tertiary/aromatic N) is 7. The van der Waals surface area contributed by atoms with Crippen LogP contribution in [0.3, 0.4) is 0 Å². The Balaban J connectivity index is 1.48. The van der Waals surface area contributed by atoms with E-state index >= 15 is 0 Å². The van der Waals surface area contributed by atoms with E-state index in [4.69, 9.17) is 14.7 Å². The van der Waals surface area contributed by atoms with Crippen LogP contribution in [0.4, 0.5) is 52.0 Å². The van der Waals surface area contributed by atoms with Gasteiger partial charge in [0.15, 0.2) is 0 Å². The molecule has 0 radical (unpaired) electrons. The number of nitrogens with one attached hydrogen (secondary N) is 3. The number of azo groups is 2. The molecule has 32 heteroatoms. The molecule has 1 heterocycles. The van der Waals surface area contributed by atoms with Crippen LogP contribution in [0.1, 0.15) is 6.42 Å². The van der Waals surface area contributed by atoms with Gasteiger partial charge in [-0.15, -0.1) is 9.45 Å². The average Bonchev–Trinajstić information content (AvgIpc) is 3.22. The van der Waals surface area contributed by atoms with Crippen LogP contribution in [0.2, 0.25) is 0 Å². The lowest BCUT2D eigenvalue weighted by Gasteiger charge is -2.15. The Hall–Kier alpha value is -6.04. The number of hydrogen-bond donors (Lipinski definition) is 8. The number of benzene rings is 4. The predicted octanol–water partition coefficient (Wildman–Crippen LogP) is 6.08. The van der Waals surface area contributed by atoms with E-state index in [2.05, 4.69) is 60.7 Å². The molecular formula is C33H34N10O17S5. The standard InChI is InChI=1S/C33H34N10O17S5/c1-57-28-17-21(41-40-20-4-2-5-24(16-20)64(51,52)53)6-9-25(28)35-32-37-31(34-12-15-63(48,49)50)38-33(39-32)36-26-10-7-22(18-29(26)58-13-3-14-62(45,46)47)42-43-27-19-23(61-60-59-44)8-11-30(27)65(54,55)56/h2,4-11,16-19,44H,3,12-15H2,1H3,(H,45,46,47)(H,48,49,50)(H,51,52,53)(H,54,55,56)(H3,34,35,36,37,38,39). The van der Waals surface area contributed by atoms with Gasteiger partial charge in [-0.3, -0.25) is 18.2 Å². The largest absolute Gasteiger partial charge is 0.494 e. The molecule has 0 saturated carbocycles. The van der Waals surface area contributed by atoms with E-state index in [1.807, 2.05) is 0 Å². The van der Waals surface area contributed by atoms with Gasteiger partial charge < -0.3 is 25.4 Å². The SMILES string of the molecule is COc1cc(N=Nc2cccc(S(=O)(=O)O)c2)ccc1Nc1nc(NCCS(=O)(=O)O)nc(Nc2ccc(N=Nc3cc(SOOO)ccc3S(=O)(=O)O)cc2OCCCS(=O)(=O)O)n1. The lowest BCUT2D eigenvalue weighted by Crippen LogP contribution is -2.17. The molecule has 348 valence electrons. The van der Waals surface area contributed by atoms with E-state index in [9.17, 15) is 51.9 Å². The van der Waals surface area contributed by atoms with Gasteiger partial charge in [0, 0.05) is 23.6 Å². The smallest absolute Gasteiger partial charge is 0.296 e. The average molecular weight is 1000 g/mol. The molecule has 0 bridgehead atoms. The Morgan fingerprint density at radius 2 is 1.23 bits per heavy atom. The third-order valence-corrected chi connectivity index (χ3v) is 11.6. The molecule has 0 amide bonds. The van der Waals surface area contributed by atoms with E-state index in [0.29, 0.717) is 12.0 Å². The molecule has 0 aliphatic rings. The first kappa shape index (κ1) is 50.0. The van der Waals surface area contributed by atoms with Crippen molar-refractivity contribution < 1.29 is 76.0 Å². The summed E-state index contributed by atoms with van der Waals surface area (Å²) in [5.74, 6) is -1.85. The minimum absolute atomic E-state index is 0.0156. The molecule has 0 unspecified atom stereocenters. The fraction of sp³-hybridized carbons (Fsp3) is 0.182. The second-order valence-corrected chi connectivity index (χ2v) is 19.3. The molecule has 0 fully saturated rings. The summed E-state index contributed by atoms with van der Waals surface area (Å²) in [4.78, 5) is 12.0. The molecule has 0 aliphatic heterocycles. The second-order valence-electron chi connectivity index (χ2n) is 12.5. The highest BCUT2D eigenvalue weighted by molar-refractivity contribution is 7.94. The Labute approximate surface area is 373 Å². The van der Waals surface area contributed by atoms with Crippen LogP contribution >= 0.6 is 12.0 Å². The Bertz CT molecular complexity index is 3040. The van der Waals surface area contributed by atoms with Gasteiger partial charge in [0.25, 0.3) is 40.5 Å². The van der Waals surface area contributed by atoms with Gasteiger partial charge in [0.2, 0.25) is 17.8 Å². The van der Waals surface area contributed by atoms with Crippen molar-refractivity contribution in [3.05, 3.63) is 78.9 Å². The topological polar surface area (TPSA) is 399 Å². The van der Waals surface area contributed by atoms with Gasteiger partial charge in [0.05, 0.1) is 70.6 Å². The number of ether oxygens (including phenoxy) is 2. The van der Waals surface area contributed by atoms with Crippen LogP contribution in [-0.4, -0.2) is 104 Å². The molecule has 0 spiro atoms. The van der Waals surface area contributed by atoms with Gasteiger partial charge in [-0.05, 0) is 67.1 Å². The molecule has 8 N–H and O–H groups in total. The first-order chi connectivity index (χ1) is 30.6. The van der Waals surface area contributed by atoms with Crippen molar-refractivity contribution in [3.63, 3.8) is 0 Å². The number of hydrogen-bond acceptors (Lipinski definition) is 24. The van der Waals surface area contributed by atoms with Gasteiger partial charge in [-0.2, -0.15) is 64.0 Å². The van der Waals surface area contributed by atoms with E-state index in [1.54, 1.807) is 0 Å². The molecule has 5 rings (SSSR count). The Kier molecular flexibility index (Phi) is 16.7. The van der Waals surface area contributed by atoms with Crippen molar-refractivity contribution in [2.75, 3.05) is 47.7 Å². The maximum Gasteiger partial charge on any atom is 0.296 e. The summed E-state index contributed by atoms with van der Waals surface area (Å²) >= 11 is 0.469. The second kappa shape index (κ2) is 21.8. The van der Waals surface area contributed by atoms with Gasteiger partial charge in [0.1, 0.15) is 22.1 Å². The monoisotopic (exact) mass is 1000 g/mol. The van der Waals surface area contributed by atoms with Gasteiger partial charge in [-0.25, -0.2) is 5.26 Å². The highest BCUT2D eigenvalue weighted by Gasteiger charge is 2.19. The molecule has 65 heavy (non-hydrogen) atoms. The molecule has 0 aliphatic carbocycles. The normalized spacial score (nSPS) is 12.4. The predicted molar refractivity (Wildman–Crippen MR) is 229 cm³/mol. The summed E-state index contributed by atoms with van der Waals surface area (Å²) in [7, 11) is -16.7. The lowest BCUT2D eigenvalue weighted by molar-refractivity contribution is -0.432. The van der Waals surface area contributed by atoms with Crippen LogP contribution in [0, 0.1) is 0 Å². The third-order valence-electron chi connectivity index (χ3n) is 7.76.